The molecule has 0 atom stereocenters. The molecule has 1 aromatic heterocycles. The number of hydrogen-bond donors (Lipinski definition) is 1. The minimum atomic E-state index is -3.87. The van der Waals surface area contributed by atoms with Crippen molar-refractivity contribution in [2.45, 2.75) is 56.1 Å². The number of nitrogens with zero attached hydrogens (tertiary/aromatic N) is 4. The van der Waals surface area contributed by atoms with Crippen LogP contribution in [0, 0.1) is 20.8 Å². The maximum absolute atomic E-state index is 13.8. The number of rotatable bonds is 5. The summed E-state index contributed by atoms with van der Waals surface area (Å²) in [5, 5.41) is 14.0. The number of amides is 1. The lowest BCUT2D eigenvalue weighted by molar-refractivity contribution is -0.118. The van der Waals surface area contributed by atoms with Crippen LogP contribution in [0.5, 0.6) is 0 Å². The zero-order chi connectivity index (χ0) is 22.2. The number of carbonyl (C=O) groups is 1. The number of anilines is 1. The Morgan fingerprint density at radius 1 is 1.03 bits per heavy atom. The van der Waals surface area contributed by atoms with Gasteiger partial charge in [0.2, 0.25) is 5.91 Å². The number of carbonyl (C=O) groups excluding carboxylic acids is 1. The van der Waals surface area contributed by atoms with Crippen molar-refractivity contribution in [3.05, 3.63) is 59.4 Å². The number of sulfone groups is 1. The van der Waals surface area contributed by atoms with Crippen LogP contribution >= 0.6 is 0 Å². The van der Waals surface area contributed by atoms with Crippen LogP contribution in [-0.4, -0.2) is 39.3 Å². The maximum Gasteiger partial charge on any atom is 0.246 e. The summed E-state index contributed by atoms with van der Waals surface area (Å²) in [6.45, 7) is 5.51. The molecule has 0 unspecified atom stereocenters. The van der Waals surface area contributed by atoms with Crippen molar-refractivity contribution in [1.82, 2.24) is 20.2 Å². The highest BCUT2D eigenvalue weighted by molar-refractivity contribution is 7.93. The third kappa shape index (κ3) is 3.63. The molecule has 9 heteroatoms. The van der Waals surface area contributed by atoms with Gasteiger partial charge in [-0.25, -0.2) is 13.1 Å². The summed E-state index contributed by atoms with van der Waals surface area (Å²) < 4.78 is 27.6. The van der Waals surface area contributed by atoms with E-state index >= 15 is 0 Å². The van der Waals surface area contributed by atoms with Crippen molar-refractivity contribution in [1.29, 1.82) is 0 Å². The average molecular weight is 440 g/mol. The van der Waals surface area contributed by atoms with Crippen LogP contribution in [0.2, 0.25) is 0 Å². The largest absolute Gasteiger partial charge is 0.325 e. The Hall–Kier alpha value is -3.07. The number of aryl methyl sites for hydroxylation is 3. The summed E-state index contributed by atoms with van der Waals surface area (Å²) in [5.74, 6) is -0.472. The molecule has 162 valence electrons. The zero-order valence-electron chi connectivity index (χ0n) is 17.8. The molecule has 31 heavy (non-hydrogen) atoms. The third-order valence-electron chi connectivity index (χ3n) is 6.02. The molecule has 1 aliphatic carbocycles. The second-order valence-corrected chi connectivity index (χ2v) is 10.4. The molecule has 0 saturated heterocycles. The highest BCUT2D eigenvalue weighted by Gasteiger charge is 2.53. The third-order valence-corrected chi connectivity index (χ3v) is 8.66. The first-order valence-electron chi connectivity index (χ1n) is 10.2. The number of nitrogens with one attached hydrogen (secondary N) is 1. The highest BCUT2D eigenvalue weighted by atomic mass is 32.2. The second-order valence-electron chi connectivity index (χ2n) is 8.18. The van der Waals surface area contributed by atoms with Crippen LogP contribution < -0.4 is 5.32 Å². The Balaban J connectivity index is 1.68. The average Bonchev–Trinajstić information content (AvgIpc) is 3.42. The van der Waals surface area contributed by atoms with Gasteiger partial charge in [-0.2, -0.15) is 0 Å². The van der Waals surface area contributed by atoms with Gasteiger partial charge in [-0.1, -0.05) is 25.0 Å². The lowest BCUT2D eigenvalue weighted by Crippen LogP contribution is -2.47. The predicted molar refractivity (Wildman–Crippen MR) is 117 cm³/mol. The molecule has 4 rings (SSSR count). The topological polar surface area (TPSA) is 107 Å². The predicted octanol–water partition coefficient (Wildman–Crippen LogP) is 3.31. The highest BCUT2D eigenvalue weighted by Crippen LogP contribution is 2.42. The molecule has 1 saturated carbocycles. The molecule has 1 fully saturated rings. The quantitative estimate of drug-likeness (QED) is 0.654. The normalized spacial score (nSPS) is 15.7. The fraction of sp³-hybridized carbons (Fsp3) is 0.364. The van der Waals surface area contributed by atoms with Gasteiger partial charge in [-0.15, -0.1) is 5.10 Å². The minimum Gasteiger partial charge on any atom is -0.325 e. The second kappa shape index (κ2) is 7.88. The van der Waals surface area contributed by atoms with Crippen LogP contribution in [0.3, 0.4) is 0 Å². The van der Waals surface area contributed by atoms with Crippen LogP contribution in [0.4, 0.5) is 5.69 Å². The minimum absolute atomic E-state index is 0.245. The number of aromatic nitrogens is 4. The van der Waals surface area contributed by atoms with Crippen LogP contribution in [0.1, 0.15) is 42.4 Å². The fourth-order valence-electron chi connectivity index (χ4n) is 4.28. The molecule has 1 aliphatic rings. The van der Waals surface area contributed by atoms with Gasteiger partial charge in [-0.3, -0.25) is 4.79 Å². The first kappa shape index (κ1) is 21.2. The first-order valence-corrected chi connectivity index (χ1v) is 11.7. The Bertz CT molecular complexity index is 1230. The summed E-state index contributed by atoms with van der Waals surface area (Å²) in [4.78, 5) is 13.7. The fourth-order valence-corrected chi connectivity index (χ4v) is 6.65. The van der Waals surface area contributed by atoms with Gasteiger partial charge in [0, 0.05) is 5.69 Å². The number of hydrogen-bond acceptors (Lipinski definition) is 6. The van der Waals surface area contributed by atoms with E-state index in [0.29, 0.717) is 36.9 Å². The van der Waals surface area contributed by atoms with Crippen molar-refractivity contribution in [2.75, 3.05) is 5.32 Å². The molecule has 0 aliphatic heterocycles. The molecule has 3 aromatic rings. The van der Waals surface area contributed by atoms with E-state index in [1.807, 2.05) is 19.9 Å². The molecular formula is C22H25N5O3S. The Morgan fingerprint density at radius 2 is 1.77 bits per heavy atom. The van der Waals surface area contributed by atoms with Gasteiger partial charge in [0.15, 0.2) is 14.6 Å². The zero-order valence-corrected chi connectivity index (χ0v) is 18.6. The van der Waals surface area contributed by atoms with Crippen molar-refractivity contribution >= 4 is 21.4 Å². The molecule has 2 aromatic carbocycles. The lowest BCUT2D eigenvalue weighted by Gasteiger charge is -2.28. The molecule has 1 amide bonds. The van der Waals surface area contributed by atoms with E-state index in [1.165, 1.54) is 11.0 Å². The van der Waals surface area contributed by atoms with Crippen LogP contribution in [-0.2, 0) is 14.6 Å². The molecule has 0 bridgehead atoms. The van der Waals surface area contributed by atoms with E-state index in [0.717, 1.165) is 16.8 Å². The Labute approximate surface area is 181 Å². The maximum atomic E-state index is 13.8. The van der Waals surface area contributed by atoms with Gasteiger partial charge in [0.05, 0.1) is 10.6 Å². The summed E-state index contributed by atoms with van der Waals surface area (Å²) in [6.07, 6.45) is 3.53. The van der Waals surface area contributed by atoms with Crippen molar-refractivity contribution in [3.63, 3.8) is 0 Å². The van der Waals surface area contributed by atoms with Crippen LogP contribution in [0.25, 0.3) is 5.69 Å². The standard InChI is InChI=1S/C22H25N5O3S/c1-15-6-7-16(2)20(12-15)31(29,30)22(10-4-5-11-22)21(28)24-18-8-9-19(17(3)13-18)27-14-23-25-26-27/h6-9,12-14H,4-5,10-11H2,1-3H3,(H,24,28). The smallest absolute Gasteiger partial charge is 0.246 e. The monoisotopic (exact) mass is 439 g/mol. The molecule has 8 nitrogen and oxygen atoms in total. The van der Waals surface area contributed by atoms with Gasteiger partial charge >= 0.3 is 0 Å². The molecular weight excluding hydrogens is 414 g/mol. The van der Waals surface area contributed by atoms with E-state index in [9.17, 15) is 13.2 Å². The van der Waals surface area contributed by atoms with E-state index in [4.69, 9.17) is 0 Å². The van der Waals surface area contributed by atoms with Crippen LogP contribution in [0.15, 0.2) is 47.6 Å². The van der Waals surface area contributed by atoms with E-state index in [2.05, 4.69) is 20.8 Å². The lowest BCUT2D eigenvalue weighted by atomic mass is 10.1. The van der Waals surface area contributed by atoms with Gasteiger partial charge in [-0.05, 0) is 85.0 Å². The molecule has 1 heterocycles. The number of tetrazole rings is 1. The summed E-state index contributed by atoms with van der Waals surface area (Å²) >= 11 is 0. The van der Waals surface area contributed by atoms with Gasteiger partial charge in [0.1, 0.15) is 6.33 Å². The van der Waals surface area contributed by atoms with E-state index < -0.39 is 20.5 Å². The molecule has 0 spiro atoms. The summed E-state index contributed by atoms with van der Waals surface area (Å²) in [6, 6.07) is 10.7. The Morgan fingerprint density at radius 3 is 2.42 bits per heavy atom. The van der Waals surface area contributed by atoms with E-state index in [-0.39, 0.29) is 4.90 Å². The SMILES string of the molecule is Cc1ccc(C)c(S(=O)(=O)C2(C(=O)Nc3ccc(-n4cnnn4)c(C)c3)CCCC2)c1. The first-order chi connectivity index (χ1) is 14.7. The number of benzene rings is 2. The van der Waals surface area contributed by atoms with Crippen molar-refractivity contribution < 1.29 is 13.2 Å². The Kier molecular flexibility index (Phi) is 5.38. The van der Waals surface area contributed by atoms with Gasteiger partial charge in [0.25, 0.3) is 0 Å². The van der Waals surface area contributed by atoms with Crippen molar-refractivity contribution in [2.24, 2.45) is 0 Å². The molecule has 0 radical (unpaired) electrons. The molecule has 1 N–H and O–H groups in total. The van der Waals surface area contributed by atoms with E-state index in [1.54, 1.807) is 37.3 Å². The summed E-state index contributed by atoms with van der Waals surface area (Å²) in [5.41, 5.74) is 3.68. The van der Waals surface area contributed by atoms with Gasteiger partial charge < -0.3 is 5.32 Å². The van der Waals surface area contributed by atoms with Crippen molar-refractivity contribution in [3.8, 4) is 5.69 Å². The summed E-state index contributed by atoms with van der Waals surface area (Å²) in [7, 11) is -3.87.